The highest BCUT2D eigenvalue weighted by molar-refractivity contribution is 5.43. The maximum absolute atomic E-state index is 2.23. The summed E-state index contributed by atoms with van der Waals surface area (Å²) in [5.74, 6) is 0. The predicted octanol–water partition coefficient (Wildman–Crippen LogP) is 2.46. The number of hydrogen-bond donors (Lipinski definition) is 0. The molecule has 0 aliphatic carbocycles. The molecule has 1 rings (SSSR count). The van der Waals surface area contributed by atoms with E-state index in [-0.39, 0.29) is 0 Å². The third-order valence-corrected chi connectivity index (χ3v) is 2.36. The van der Waals surface area contributed by atoms with Gasteiger partial charge in [0.15, 0.2) is 0 Å². The van der Waals surface area contributed by atoms with Gasteiger partial charge < -0.3 is 0 Å². The molecule has 0 fully saturated rings. The Kier molecular flexibility index (Phi) is 3.75. The van der Waals surface area contributed by atoms with Crippen LogP contribution in [0, 0.1) is 0 Å². The molecule has 0 atom stereocenters. The summed E-state index contributed by atoms with van der Waals surface area (Å²) < 4.78 is 0. The Morgan fingerprint density at radius 2 is 2.00 bits per heavy atom. The predicted molar refractivity (Wildman–Crippen MR) is 59.8 cm³/mol. The minimum absolute atomic E-state index is 1.20. The zero-order chi connectivity index (χ0) is 9.68. The van der Waals surface area contributed by atoms with Crippen LogP contribution >= 0.6 is 0 Å². The molecular formula is C13H18. The van der Waals surface area contributed by atoms with Crippen LogP contribution in [0.25, 0.3) is 11.6 Å². The van der Waals surface area contributed by atoms with Crippen LogP contribution in [-0.4, -0.2) is 0 Å². The molecule has 1 aromatic rings. The molecule has 0 N–H and O–H groups in total. The Bertz CT molecular complexity index is 371. The van der Waals surface area contributed by atoms with Gasteiger partial charge in [0.05, 0.1) is 0 Å². The van der Waals surface area contributed by atoms with Gasteiger partial charge in [-0.05, 0) is 30.7 Å². The van der Waals surface area contributed by atoms with Crippen LogP contribution in [0.2, 0.25) is 0 Å². The third-order valence-electron chi connectivity index (χ3n) is 2.36. The van der Waals surface area contributed by atoms with Gasteiger partial charge in [-0.25, -0.2) is 0 Å². The van der Waals surface area contributed by atoms with Crippen LogP contribution in [0.4, 0.5) is 0 Å². The van der Waals surface area contributed by atoms with E-state index in [0.717, 1.165) is 0 Å². The standard InChI is InChI=1S/C13H18/c1-4-8-11(3)13-10-7-6-9-12(13)5-2/h5-7,9-10H,4,8H2,1-3H3. The molecule has 0 saturated carbocycles. The minimum Gasteiger partial charge on any atom is -0.0798 e. The maximum Gasteiger partial charge on any atom is -0.0198 e. The molecule has 0 aromatic heterocycles. The molecule has 0 spiro atoms. The second-order valence-corrected chi connectivity index (χ2v) is 3.41. The van der Waals surface area contributed by atoms with Crippen molar-refractivity contribution in [3.05, 3.63) is 34.7 Å². The molecule has 0 amide bonds. The highest BCUT2D eigenvalue weighted by atomic mass is 14.0. The van der Waals surface area contributed by atoms with Crippen molar-refractivity contribution in [2.45, 2.75) is 33.6 Å². The van der Waals surface area contributed by atoms with Gasteiger partial charge in [0.25, 0.3) is 0 Å². The lowest BCUT2D eigenvalue weighted by Crippen LogP contribution is -2.25. The van der Waals surface area contributed by atoms with Gasteiger partial charge in [-0.1, -0.05) is 49.3 Å². The van der Waals surface area contributed by atoms with E-state index in [1.54, 1.807) is 0 Å². The Labute approximate surface area is 80.6 Å². The number of hydrogen-bond acceptors (Lipinski definition) is 0. The molecule has 70 valence electrons. The quantitative estimate of drug-likeness (QED) is 0.646. The van der Waals surface area contributed by atoms with Crippen molar-refractivity contribution in [3.63, 3.8) is 0 Å². The molecule has 0 radical (unpaired) electrons. The van der Waals surface area contributed by atoms with Gasteiger partial charge in [0.2, 0.25) is 0 Å². The number of rotatable bonds is 2. The highest BCUT2D eigenvalue weighted by Gasteiger charge is 1.90. The van der Waals surface area contributed by atoms with Gasteiger partial charge in [-0.3, -0.25) is 0 Å². The summed E-state index contributed by atoms with van der Waals surface area (Å²) in [6.45, 7) is 6.55. The minimum atomic E-state index is 1.20. The van der Waals surface area contributed by atoms with E-state index in [1.165, 1.54) is 28.9 Å². The van der Waals surface area contributed by atoms with Gasteiger partial charge in [-0.2, -0.15) is 0 Å². The van der Waals surface area contributed by atoms with E-state index in [1.807, 2.05) is 0 Å². The first-order chi connectivity index (χ1) is 6.29. The van der Waals surface area contributed by atoms with Gasteiger partial charge in [0.1, 0.15) is 0 Å². The van der Waals surface area contributed by atoms with Crippen molar-refractivity contribution < 1.29 is 0 Å². The monoisotopic (exact) mass is 174 g/mol. The van der Waals surface area contributed by atoms with Gasteiger partial charge in [-0.15, -0.1) is 0 Å². The lowest BCUT2D eigenvalue weighted by atomic mass is 10.1. The first-order valence-electron chi connectivity index (χ1n) is 5.00. The largest absolute Gasteiger partial charge is 0.0798 e. The molecule has 1 aromatic carbocycles. The Morgan fingerprint density at radius 1 is 1.31 bits per heavy atom. The molecule has 13 heavy (non-hydrogen) atoms. The first kappa shape index (κ1) is 10.0. The summed E-state index contributed by atoms with van der Waals surface area (Å²) in [7, 11) is 0. The Balaban J connectivity index is 3.35. The zero-order valence-electron chi connectivity index (χ0n) is 8.80. The van der Waals surface area contributed by atoms with Gasteiger partial charge >= 0.3 is 0 Å². The fraction of sp³-hybridized carbons (Fsp3) is 0.385. The molecule has 0 aliphatic heterocycles. The van der Waals surface area contributed by atoms with Gasteiger partial charge in [0, 0.05) is 0 Å². The van der Waals surface area contributed by atoms with Crippen molar-refractivity contribution in [3.8, 4) is 0 Å². The summed E-state index contributed by atoms with van der Waals surface area (Å²) in [4.78, 5) is 0. The van der Waals surface area contributed by atoms with Crippen molar-refractivity contribution in [2.24, 2.45) is 0 Å². The summed E-state index contributed by atoms with van der Waals surface area (Å²) >= 11 is 0. The van der Waals surface area contributed by atoms with E-state index in [9.17, 15) is 0 Å². The van der Waals surface area contributed by atoms with Crippen LogP contribution in [0.15, 0.2) is 24.3 Å². The molecule has 0 heteroatoms. The average molecular weight is 174 g/mol. The molecule has 0 aliphatic rings. The van der Waals surface area contributed by atoms with E-state index in [2.05, 4.69) is 51.1 Å². The molecule has 0 bridgehead atoms. The van der Waals surface area contributed by atoms with Crippen molar-refractivity contribution in [1.82, 2.24) is 0 Å². The second kappa shape index (κ2) is 4.86. The SMILES string of the molecule is CC=c1ccccc1=C(C)CCC. The maximum atomic E-state index is 2.23. The van der Waals surface area contributed by atoms with Crippen LogP contribution in [-0.2, 0) is 0 Å². The van der Waals surface area contributed by atoms with E-state index in [0.29, 0.717) is 0 Å². The molecule has 0 unspecified atom stereocenters. The number of benzene rings is 1. The molecular weight excluding hydrogens is 156 g/mol. The smallest absolute Gasteiger partial charge is 0.0198 e. The van der Waals surface area contributed by atoms with E-state index in [4.69, 9.17) is 0 Å². The summed E-state index contributed by atoms with van der Waals surface area (Å²) in [5, 5.41) is 2.76. The lowest BCUT2D eigenvalue weighted by molar-refractivity contribution is 0.961. The molecule has 0 nitrogen and oxygen atoms in total. The van der Waals surface area contributed by atoms with Crippen LogP contribution < -0.4 is 10.4 Å². The van der Waals surface area contributed by atoms with Crippen molar-refractivity contribution >= 4 is 11.6 Å². The van der Waals surface area contributed by atoms with Crippen molar-refractivity contribution in [1.29, 1.82) is 0 Å². The van der Waals surface area contributed by atoms with Crippen LogP contribution in [0.1, 0.15) is 33.6 Å². The first-order valence-corrected chi connectivity index (χ1v) is 5.00. The van der Waals surface area contributed by atoms with E-state index < -0.39 is 0 Å². The summed E-state index contributed by atoms with van der Waals surface area (Å²) in [6.07, 6.45) is 4.60. The fourth-order valence-electron chi connectivity index (χ4n) is 1.65. The lowest BCUT2D eigenvalue weighted by Gasteiger charge is -1.98. The molecule has 0 heterocycles. The van der Waals surface area contributed by atoms with Crippen molar-refractivity contribution in [2.75, 3.05) is 0 Å². The third kappa shape index (κ3) is 2.45. The highest BCUT2D eigenvalue weighted by Crippen LogP contribution is 2.00. The van der Waals surface area contributed by atoms with Crippen LogP contribution in [0.3, 0.4) is 0 Å². The Morgan fingerprint density at radius 3 is 2.62 bits per heavy atom. The zero-order valence-corrected chi connectivity index (χ0v) is 8.80. The topological polar surface area (TPSA) is 0 Å². The van der Waals surface area contributed by atoms with Crippen LogP contribution in [0.5, 0.6) is 0 Å². The average Bonchev–Trinajstić information content (AvgIpc) is 2.18. The second-order valence-electron chi connectivity index (χ2n) is 3.41. The fourth-order valence-corrected chi connectivity index (χ4v) is 1.65. The normalized spacial score (nSPS) is 14.5. The summed E-state index contributed by atoms with van der Waals surface area (Å²) in [5.41, 5.74) is 1.50. The molecule has 0 saturated heterocycles. The van der Waals surface area contributed by atoms with E-state index >= 15 is 0 Å². The Hall–Kier alpha value is -1.04. The summed E-state index contributed by atoms with van der Waals surface area (Å²) in [6, 6.07) is 8.59.